The molecule has 164 valence electrons. The first-order valence-electron chi connectivity index (χ1n) is 10.2. The molecule has 3 aromatic heterocycles. The SMILES string of the molecule is CCCCCc1cnc(Nc2ccc(-c3nnn[nH]3)cn2)c(Oc2ccc(F)cc2F)c1. The summed E-state index contributed by atoms with van der Waals surface area (Å²) in [7, 11) is 0. The number of hydrogen-bond acceptors (Lipinski definition) is 7. The summed E-state index contributed by atoms with van der Waals surface area (Å²) in [5.41, 5.74) is 1.67. The van der Waals surface area contributed by atoms with Gasteiger partial charge in [0.25, 0.3) is 0 Å². The number of tetrazole rings is 1. The molecule has 8 nitrogen and oxygen atoms in total. The van der Waals surface area contributed by atoms with Gasteiger partial charge in [0.2, 0.25) is 0 Å². The Bertz CT molecular complexity index is 1170. The second-order valence-corrected chi connectivity index (χ2v) is 7.13. The van der Waals surface area contributed by atoms with Gasteiger partial charge in [-0.25, -0.2) is 23.8 Å². The van der Waals surface area contributed by atoms with Crippen LogP contribution in [0.15, 0.2) is 48.8 Å². The predicted octanol–water partition coefficient (Wildman–Crippen LogP) is 5.20. The molecule has 10 heteroatoms. The standard InChI is InChI=1S/C22H21F2N7O/c1-2-3-4-5-14-10-19(32-18-8-7-16(23)11-17(18)24)22(26-12-14)27-20-9-6-15(13-25-20)21-28-30-31-29-21/h6-13H,2-5H2,1H3,(H,25,26,27)(H,28,29,30,31). The molecule has 0 amide bonds. The fourth-order valence-electron chi connectivity index (χ4n) is 3.06. The van der Waals surface area contributed by atoms with Crippen molar-refractivity contribution >= 4 is 11.6 Å². The van der Waals surface area contributed by atoms with Gasteiger partial charge in [-0.05, 0) is 59.2 Å². The van der Waals surface area contributed by atoms with E-state index >= 15 is 0 Å². The molecular weight excluding hydrogens is 416 g/mol. The smallest absolute Gasteiger partial charge is 0.180 e. The van der Waals surface area contributed by atoms with Crippen LogP contribution in [0.5, 0.6) is 11.5 Å². The summed E-state index contributed by atoms with van der Waals surface area (Å²) < 4.78 is 33.2. The molecule has 0 radical (unpaired) electrons. The number of pyridine rings is 2. The number of unbranched alkanes of at least 4 members (excludes halogenated alkanes) is 2. The van der Waals surface area contributed by atoms with Crippen LogP contribution in [0.4, 0.5) is 20.4 Å². The van der Waals surface area contributed by atoms with Crippen molar-refractivity contribution in [3.05, 3.63) is 66.0 Å². The van der Waals surface area contributed by atoms with Gasteiger partial charge in [-0.3, -0.25) is 0 Å². The topological polar surface area (TPSA) is 102 Å². The second kappa shape index (κ2) is 9.90. The van der Waals surface area contributed by atoms with E-state index < -0.39 is 11.6 Å². The highest BCUT2D eigenvalue weighted by molar-refractivity contribution is 5.63. The third kappa shape index (κ3) is 5.20. The summed E-state index contributed by atoms with van der Waals surface area (Å²) in [6, 6.07) is 8.50. The van der Waals surface area contributed by atoms with Crippen molar-refractivity contribution in [1.29, 1.82) is 0 Å². The average Bonchev–Trinajstić information content (AvgIpc) is 3.33. The molecule has 4 aromatic rings. The fraction of sp³-hybridized carbons (Fsp3) is 0.227. The Morgan fingerprint density at radius 1 is 1.00 bits per heavy atom. The van der Waals surface area contributed by atoms with Gasteiger partial charge >= 0.3 is 0 Å². The maximum Gasteiger partial charge on any atom is 0.180 e. The number of ether oxygens (including phenoxy) is 1. The van der Waals surface area contributed by atoms with Crippen molar-refractivity contribution in [3.63, 3.8) is 0 Å². The van der Waals surface area contributed by atoms with Crippen LogP contribution in [-0.4, -0.2) is 30.6 Å². The predicted molar refractivity (Wildman–Crippen MR) is 115 cm³/mol. The summed E-state index contributed by atoms with van der Waals surface area (Å²) in [5.74, 6) is 0.0973. The van der Waals surface area contributed by atoms with Crippen molar-refractivity contribution < 1.29 is 13.5 Å². The van der Waals surface area contributed by atoms with Gasteiger partial charge in [-0.1, -0.05) is 19.8 Å². The molecule has 0 saturated heterocycles. The molecule has 3 heterocycles. The van der Waals surface area contributed by atoms with E-state index in [0.29, 0.717) is 28.8 Å². The lowest BCUT2D eigenvalue weighted by Crippen LogP contribution is -2.01. The number of H-pyrrole nitrogens is 1. The molecule has 0 aliphatic carbocycles. The first kappa shape index (κ1) is 21.3. The molecule has 0 saturated carbocycles. The molecule has 32 heavy (non-hydrogen) atoms. The maximum atomic E-state index is 14.2. The molecular formula is C22H21F2N7O. The lowest BCUT2D eigenvalue weighted by atomic mass is 10.1. The van der Waals surface area contributed by atoms with Crippen LogP contribution >= 0.6 is 0 Å². The molecule has 4 rings (SSSR count). The van der Waals surface area contributed by atoms with E-state index in [9.17, 15) is 8.78 Å². The molecule has 0 fully saturated rings. The summed E-state index contributed by atoms with van der Waals surface area (Å²) in [5, 5.41) is 16.7. The molecule has 0 aliphatic heterocycles. The number of aryl methyl sites for hydroxylation is 1. The number of nitrogens with one attached hydrogen (secondary N) is 2. The molecule has 0 bridgehead atoms. The highest BCUT2D eigenvalue weighted by Crippen LogP contribution is 2.32. The third-order valence-corrected chi connectivity index (χ3v) is 4.72. The van der Waals surface area contributed by atoms with Crippen LogP contribution in [0.1, 0.15) is 31.7 Å². The van der Waals surface area contributed by atoms with Gasteiger partial charge < -0.3 is 10.1 Å². The van der Waals surface area contributed by atoms with Gasteiger partial charge in [0.05, 0.1) is 0 Å². The quantitative estimate of drug-likeness (QED) is 0.347. The van der Waals surface area contributed by atoms with E-state index in [0.717, 1.165) is 43.4 Å². The van der Waals surface area contributed by atoms with Gasteiger partial charge in [-0.2, -0.15) is 0 Å². The highest BCUT2D eigenvalue weighted by Gasteiger charge is 2.13. The monoisotopic (exact) mass is 437 g/mol. The first-order chi connectivity index (χ1) is 15.6. The Hall–Kier alpha value is -3.95. The minimum Gasteiger partial charge on any atom is -0.450 e. The van der Waals surface area contributed by atoms with Crippen molar-refractivity contribution in [2.75, 3.05) is 5.32 Å². The Balaban J connectivity index is 1.59. The minimum atomic E-state index is -0.796. The number of halogens is 2. The van der Waals surface area contributed by atoms with Gasteiger partial charge in [0.15, 0.2) is 29.0 Å². The van der Waals surface area contributed by atoms with Crippen LogP contribution in [0.25, 0.3) is 11.4 Å². The van der Waals surface area contributed by atoms with Crippen molar-refractivity contribution in [2.24, 2.45) is 0 Å². The van der Waals surface area contributed by atoms with Crippen LogP contribution in [-0.2, 0) is 6.42 Å². The number of aromatic nitrogens is 6. The summed E-state index contributed by atoms with van der Waals surface area (Å²) in [6.45, 7) is 2.13. The summed E-state index contributed by atoms with van der Waals surface area (Å²) in [6.07, 6.45) is 7.38. The highest BCUT2D eigenvalue weighted by atomic mass is 19.1. The third-order valence-electron chi connectivity index (χ3n) is 4.72. The molecule has 2 N–H and O–H groups in total. The van der Waals surface area contributed by atoms with E-state index in [4.69, 9.17) is 4.74 Å². The zero-order valence-electron chi connectivity index (χ0n) is 17.3. The normalized spacial score (nSPS) is 10.8. The van der Waals surface area contributed by atoms with Crippen molar-refractivity contribution in [2.45, 2.75) is 32.6 Å². The number of aromatic amines is 1. The van der Waals surface area contributed by atoms with E-state index in [1.54, 1.807) is 24.5 Å². The summed E-state index contributed by atoms with van der Waals surface area (Å²) in [4.78, 5) is 8.80. The number of benzene rings is 1. The molecule has 0 unspecified atom stereocenters. The van der Waals surface area contributed by atoms with Crippen molar-refractivity contribution in [1.82, 2.24) is 30.6 Å². The van der Waals surface area contributed by atoms with Crippen LogP contribution in [0.2, 0.25) is 0 Å². The van der Waals surface area contributed by atoms with Crippen molar-refractivity contribution in [3.8, 4) is 22.9 Å². The van der Waals surface area contributed by atoms with Crippen LogP contribution in [0.3, 0.4) is 0 Å². The van der Waals surface area contributed by atoms with E-state index in [-0.39, 0.29) is 5.75 Å². The summed E-state index contributed by atoms with van der Waals surface area (Å²) >= 11 is 0. The Morgan fingerprint density at radius 2 is 1.91 bits per heavy atom. The number of anilines is 2. The Kier molecular flexibility index (Phi) is 6.59. The Labute approximate surface area is 183 Å². The second-order valence-electron chi connectivity index (χ2n) is 7.13. The minimum absolute atomic E-state index is 0.0944. The lowest BCUT2D eigenvalue weighted by molar-refractivity contribution is 0.437. The molecule has 0 aliphatic rings. The van der Waals surface area contributed by atoms with Crippen LogP contribution in [0, 0.1) is 11.6 Å². The Morgan fingerprint density at radius 3 is 2.62 bits per heavy atom. The van der Waals surface area contributed by atoms with E-state index in [1.807, 2.05) is 6.07 Å². The zero-order valence-corrected chi connectivity index (χ0v) is 17.3. The average molecular weight is 437 g/mol. The molecule has 0 atom stereocenters. The fourth-order valence-corrected chi connectivity index (χ4v) is 3.06. The molecule has 0 spiro atoms. The number of nitrogens with zero attached hydrogens (tertiary/aromatic N) is 5. The number of hydrogen-bond donors (Lipinski definition) is 2. The van der Waals surface area contributed by atoms with Gasteiger partial charge in [0, 0.05) is 24.0 Å². The van der Waals surface area contributed by atoms with E-state index in [1.165, 1.54) is 6.07 Å². The van der Waals surface area contributed by atoms with Gasteiger partial charge in [-0.15, -0.1) is 5.10 Å². The first-order valence-corrected chi connectivity index (χ1v) is 10.2. The van der Waals surface area contributed by atoms with Crippen LogP contribution < -0.4 is 10.1 Å². The lowest BCUT2D eigenvalue weighted by Gasteiger charge is -2.14. The molecule has 1 aromatic carbocycles. The zero-order chi connectivity index (χ0) is 22.3. The van der Waals surface area contributed by atoms with Gasteiger partial charge in [0.1, 0.15) is 11.6 Å². The number of rotatable bonds is 9. The maximum absolute atomic E-state index is 14.2. The van der Waals surface area contributed by atoms with E-state index in [2.05, 4.69) is 42.8 Å². The largest absolute Gasteiger partial charge is 0.450 e.